The van der Waals surface area contributed by atoms with Crippen molar-refractivity contribution in [2.24, 2.45) is 5.41 Å². The van der Waals surface area contributed by atoms with Crippen molar-refractivity contribution < 1.29 is 4.74 Å². The first-order valence-corrected chi connectivity index (χ1v) is 6.06. The number of halogens is 1. The molecule has 0 bridgehead atoms. The summed E-state index contributed by atoms with van der Waals surface area (Å²) in [5, 5.41) is 3.47. The molecule has 1 N–H and O–H groups in total. The van der Waals surface area contributed by atoms with E-state index in [9.17, 15) is 0 Å². The molecule has 0 amide bonds. The van der Waals surface area contributed by atoms with E-state index < -0.39 is 0 Å². The van der Waals surface area contributed by atoms with E-state index in [0.717, 1.165) is 19.7 Å². The van der Waals surface area contributed by atoms with Gasteiger partial charge in [-0.25, -0.2) is 0 Å². The van der Waals surface area contributed by atoms with Crippen LogP contribution < -0.4 is 5.32 Å². The Hall–Kier alpha value is 0.170. The molecule has 0 aromatic rings. The second kappa shape index (κ2) is 5.21. The second-order valence-electron chi connectivity index (χ2n) is 6.06. The van der Waals surface area contributed by atoms with Gasteiger partial charge >= 0.3 is 0 Å². The van der Waals surface area contributed by atoms with Crippen LogP contribution in [-0.2, 0) is 4.74 Å². The lowest BCUT2D eigenvalue weighted by Gasteiger charge is -2.41. The molecule has 96 valence electrons. The number of hydrogen-bond donors (Lipinski definition) is 1. The van der Waals surface area contributed by atoms with Crippen molar-refractivity contribution in [2.45, 2.75) is 32.8 Å². The van der Waals surface area contributed by atoms with Crippen molar-refractivity contribution in [3.8, 4) is 0 Å². The predicted molar refractivity (Wildman–Crippen MR) is 69.3 cm³/mol. The Morgan fingerprint density at radius 3 is 2.62 bits per heavy atom. The van der Waals surface area contributed by atoms with Gasteiger partial charge in [0.15, 0.2) is 0 Å². The van der Waals surface area contributed by atoms with Crippen molar-refractivity contribution in [3.05, 3.63) is 0 Å². The summed E-state index contributed by atoms with van der Waals surface area (Å²) in [5.74, 6) is 0. The fraction of sp³-hybridized carbons (Fsp3) is 1.00. The summed E-state index contributed by atoms with van der Waals surface area (Å²) in [5.41, 5.74) is 0.522. The first kappa shape index (κ1) is 14.2. The standard InChI is InChI=1S/C12H24N2O.ClH/c1-11(2)9-14(6-7-15-11)10-12(3)4-5-13-8-12;/h13H,4-10H2,1-3H3;1H. The molecule has 16 heavy (non-hydrogen) atoms. The Morgan fingerprint density at radius 1 is 1.31 bits per heavy atom. The molecule has 2 rings (SSSR count). The molecule has 3 nitrogen and oxygen atoms in total. The predicted octanol–water partition coefficient (Wildman–Crippen LogP) is 1.52. The lowest BCUT2D eigenvalue weighted by molar-refractivity contribution is -0.0925. The van der Waals surface area contributed by atoms with Gasteiger partial charge in [0.25, 0.3) is 0 Å². The van der Waals surface area contributed by atoms with Crippen molar-refractivity contribution in [2.75, 3.05) is 39.3 Å². The summed E-state index contributed by atoms with van der Waals surface area (Å²) in [6, 6.07) is 0. The van der Waals surface area contributed by atoms with Gasteiger partial charge in [-0.15, -0.1) is 12.4 Å². The molecule has 0 aliphatic carbocycles. The molecule has 2 aliphatic rings. The molecule has 4 heteroatoms. The minimum absolute atomic E-state index is 0. The number of morpholine rings is 1. The van der Waals surface area contributed by atoms with Gasteiger partial charge in [0.1, 0.15) is 0 Å². The summed E-state index contributed by atoms with van der Waals surface area (Å²) in [6.45, 7) is 13.4. The normalized spacial score (nSPS) is 34.7. The molecule has 2 heterocycles. The molecular weight excluding hydrogens is 224 g/mol. The molecule has 0 radical (unpaired) electrons. The van der Waals surface area contributed by atoms with Gasteiger partial charge in [-0.3, -0.25) is 4.90 Å². The van der Waals surface area contributed by atoms with Crippen LogP contribution in [0.2, 0.25) is 0 Å². The summed E-state index contributed by atoms with van der Waals surface area (Å²) in [6.07, 6.45) is 1.31. The zero-order chi connectivity index (χ0) is 10.9. The maximum absolute atomic E-state index is 5.74. The smallest absolute Gasteiger partial charge is 0.0753 e. The van der Waals surface area contributed by atoms with Crippen LogP contribution in [0, 0.1) is 5.41 Å². The van der Waals surface area contributed by atoms with Crippen molar-refractivity contribution in [1.29, 1.82) is 0 Å². The van der Waals surface area contributed by atoms with Crippen LogP contribution in [0.3, 0.4) is 0 Å². The largest absolute Gasteiger partial charge is 0.373 e. The Balaban J connectivity index is 0.00000128. The van der Waals surface area contributed by atoms with E-state index in [-0.39, 0.29) is 18.0 Å². The monoisotopic (exact) mass is 248 g/mol. The topological polar surface area (TPSA) is 24.5 Å². The highest BCUT2D eigenvalue weighted by Crippen LogP contribution is 2.27. The Morgan fingerprint density at radius 2 is 2.06 bits per heavy atom. The average Bonchev–Trinajstić information content (AvgIpc) is 2.49. The Kier molecular flexibility index (Phi) is 4.64. The molecule has 0 saturated carbocycles. The minimum atomic E-state index is 0. The highest BCUT2D eigenvalue weighted by molar-refractivity contribution is 5.85. The van der Waals surface area contributed by atoms with Crippen molar-refractivity contribution in [1.82, 2.24) is 10.2 Å². The maximum Gasteiger partial charge on any atom is 0.0753 e. The number of hydrogen-bond acceptors (Lipinski definition) is 3. The first-order valence-electron chi connectivity index (χ1n) is 6.06. The SMILES string of the molecule is CC1(CN2CCOC(C)(C)C2)CCNC1.Cl. The number of nitrogens with zero attached hydrogens (tertiary/aromatic N) is 1. The Bertz CT molecular complexity index is 227. The summed E-state index contributed by atoms with van der Waals surface area (Å²) in [7, 11) is 0. The lowest BCUT2D eigenvalue weighted by Crippen LogP contribution is -2.51. The van der Waals surface area contributed by atoms with Gasteiger partial charge in [0.05, 0.1) is 12.2 Å². The van der Waals surface area contributed by atoms with Gasteiger partial charge in [0, 0.05) is 26.2 Å². The van der Waals surface area contributed by atoms with Crippen LogP contribution in [-0.4, -0.2) is 49.8 Å². The molecule has 0 aromatic heterocycles. The van der Waals surface area contributed by atoms with E-state index in [1.807, 2.05) is 0 Å². The van der Waals surface area contributed by atoms with Crippen LogP contribution in [0.4, 0.5) is 0 Å². The van der Waals surface area contributed by atoms with E-state index in [4.69, 9.17) is 4.74 Å². The average molecular weight is 249 g/mol. The molecular formula is C12H25ClN2O. The molecule has 2 aliphatic heterocycles. The zero-order valence-electron chi connectivity index (χ0n) is 10.7. The van der Waals surface area contributed by atoms with E-state index in [0.29, 0.717) is 5.41 Å². The van der Waals surface area contributed by atoms with Crippen LogP contribution in [0.1, 0.15) is 27.2 Å². The third-order valence-corrected chi connectivity index (χ3v) is 3.57. The highest BCUT2D eigenvalue weighted by atomic mass is 35.5. The van der Waals surface area contributed by atoms with E-state index in [1.165, 1.54) is 26.1 Å². The summed E-state index contributed by atoms with van der Waals surface area (Å²) >= 11 is 0. The lowest BCUT2D eigenvalue weighted by atomic mass is 9.88. The van der Waals surface area contributed by atoms with E-state index in [2.05, 4.69) is 31.0 Å². The van der Waals surface area contributed by atoms with Gasteiger partial charge in [0.2, 0.25) is 0 Å². The maximum atomic E-state index is 5.74. The number of nitrogens with one attached hydrogen (secondary N) is 1. The number of ether oxygens (including phenoxy) is 1. The molecule has 2 fully saturated rings. The minimum Gasteiger partial charge on any atom is -0.373 e. The first-order chi connectivity index (χ1) is 6.99. The fourth-order valence-electron chi connectivity index (χ4n) is 2.79. The van der Waals surface area contributed by atoms with Crippen LogP contribution >= 0.6 is 12.4 Å². The van der Waals surface area contributed by atoms with Crippen molar-refractivity contribution >= 4 is 12.4 Å². The Labute approximate surface area is 105 Å². The van der Waals surface area contributed by atoms with E-state index in [1.54, 1.807) is 0 Å². The molecule has 2 saturated heterocycles. The molecule has 1 unspecified atom stereocenters. The van der Waals surface area contributed by atoms with E-state index >= 15 is 0 Å². The fourth-order valence-corrected chi connectivity index (χ4v) is 2.79. The van der Waals surface area contributed by atoms with Gasteiger partial charge in [-0.2, -0.15) is 0 Å². The van der Waals surface area contributed by atoms with Crippen LogP contribution in [0.5, 0.6) is 0 Å². The molecule has 1 atom stereocenters. The summed E-state index contributed by atoms with van der Waals surface area (Å²) in [4.78, 5) is 2.57. The van der Waals surface area contributed by atoms with Gasteiger partial charge in [-0.05, 0) is 32.2 Å². The van der Waals surface area contributed by atoms with Crippen molar-refractivity contribution in [3.63, 3.8) is 0 Å². The summed E-state index contributed by atoms with van der Waals surface area (Å²) < 4.78 is 5.74. The third kappa shape index (κ3) is 3.59. The molecule has 0 spiro atoms. The van der Waals surface area contributed by atoms with Gasteiger partial charge in [-0.1, -0.05) is 6.92 Å². The highest BCUT2D eigenvalue weighted by Gasteiger charge is 2.34. The quantitative estimate of drug-likeness (QED) is 0.802. The third-order valence-electron chi connectivity index (χ3n) is 3.57. The molecule has 0 aromatic carbocycles. The van der Waals surface area contributed by atoms with Crippen LogP contribution in [0.25, 0.3) is 0 Å². The van der Waals surface area contributed by atoms with Crippen LogP contribution in [0.15, 0.2) is 0 Å². The second-order valence-corrected chi connectivity index (χ2v) is 6.06. The number of rotatable bonds is 2. The van der Waals surface area contributed by atoms with Gasteiger partial charge < -0.3 is 10.1 Å². The zero-order valence-corrected chi connectivity index (χ0v) is 11.5.